The number of hydrogen-bond donors (Lipinski definition) is 1. The Bertz CT molecular complexity index is 697. The van der Waals surface area contributed by atoms with Crippen LogP contribution in [0.25, 0.3) is 0 Å². The minimum Gasteiger partial charge on any atom is -0.369 e. The van der Waals surface area contributed by atoms with Crippen molar-refractivity contribution in [2.24, 2.45) is 18.7 Å². The van der Waals surface area contributed by atoms with Crippen LogP contribution in [0.15, 0.2) is 23.1 Å². The second-order valence-corrected chi connectivity index (χ2v) is 5.68. The molecule has 1 fully saturated rings. The van der Waals surface area contributed by atoms with E-state index in [0.717, 1.165) is 0 Å². The Kier molecular flexibility index (Phi) is 4.83. The highest BCUT2D eigenvalue weighted by molar-refractivity contribution is 5.94. The molecule has 1 aromatic rings. The maximum absolute atomic E-state index is 12.6. The van der Waals surface area contributed by atoms with Crippen molar-refractivity contribution < 1.29 is 14.4 Å². The van der Waals surface area contributed by atoms with Crippen LogP contribution in [0.2, 0.25) is 0 Å². The Morgan fingerprint density at radius 1 is 1.13 bits per heavy atom. The largest absolute Gasteiger partial charge is 0.369 e. The average molecular weight is 320 g/mol. The van der Waals surface area contributed by atoms with Gasteiger partial charge in [-0.05, 0) is 6.07 Å². The summed E-state index contributed by atoms with van der Waals surface area (Å²) in [5.74, 6) is -1.61. The molecule has 0 radical (unpaired) electrons. The summed E-state index contributed by atoms with van der Waals surface area (Å²) in [7, 11) is 1.56. The fraction of sp³-hybridized carbons (Fsp3) is 0.467. The molecule has 124 valence electrons. The van der Waals surface area contributed by atoms with Crippen molar-refractivity contribution >= 4 is 17.7 Å². The lowest BCUT2D eigenvalue weighted by Crippen LogP contribution is -2.41. The van der Waals surface area contributed by atoms with Crippen LogP contribution < -0.4 is 11.3 Å². The van der Waals surface area contributed by atoms with Gasteiger partial charge in [-0.15, -0.1) is 0 Å². The number of nitrogens with zero attached hydrogens (tertiary/aromatic N) is 3. The summed E-state index contributed by atoms with van der Waals surface area (Å²) in [6, 6.07) is 2.77. The summed E-state index contributed by atoms with van der Waals surface area (Å²) in [6.07, 6.45) is 1.46. The molecule has 1 aliphatic rings. The number of aromatic nitrogens is 1. The van der Waals surface area contributed by atoms with Crippen molar-refractivity contribution in [1.29, 1.82) is 0 Å². The molecule has 1 saturated heterocycles. The molecule has 1 atom stereocenters. The third kappa shape index (κ3) is 3.77. The number of nitrogens with two attached hydrogens (primary N) is 1. The number of pyridine rings is 1. The Morgan fingerprint density at radius 2 is 1.74 bits per heavy atom. The highest BCUT2D eigenvalue weighted by Crippen LogP contribution is 2.13. The summed E-state index contributed by atoms with van der Waals surface area (Å²) in [5, 5.41) is 0. The van der Waals surface area contributed by atoms with E-state index in [-0.39, 0.29) is 30.5 Å². The number of rotatable bonds is 2. The van der Waals surface area contributed by atoms with Gasteiger partial charge in [-0.3, -0.25) is 19.2 Å². The van der Waals surface area contributed by atoms with Gasteiger partial charge in [-0.1, -0.05) is 0 Å². The lowest BCUT2D eigenvalue weighted by Gasteiger charge is -2.22. The van der Waals surface area contributed by atoms with Gasteiger partial charge < -0.3 is 20.1 Å². The Balaban J connectivity index is 2.24. The first-order chi connectivity index (χ1) is 10.8. The van der Waals surface area contributed by atoms with E-state index in [9.17, 15) is 19.2 Å². The second kappa shape index (κ2) is 6.64. The van der Waals surface area contributed by atoms with Gasteiger partial charge in [-0.2, -0.15) is 0 Å². The summed E-state index contributed by atoms with van der Waals surface area (Å²) in [4.78, 5) is 50.2. The van der Waals surface area contributed by atoms with Crippen LogP contribution in [-0.4, -0.2) is 58.3 Å². The van der Waals surface area contributed by atoms with Gasteiger partial charge in [0, 0.05) is 52.4 Å². The van der Waals surface area contributed by atoms with Crippen molar-refractivity contribution in [3.8, 4) is 0 Å². The SMILES string of the molecule is CC(=O)N1CCN(C(=O)c2ccc(=O)n(C)c2)C[C@H](C(N)=O)C1. The third-order valence-electron chi connectivity index (χ3n) is 3.99. The molecular weight excluding hydrogens is 300 g/mol. The second-order valence-electron chi connectivity index (χ2n) is 5.68. The Hall–Kier alpha value is -2.64. The van der Waals surface area contributed by atoms with Gasteiger partial charge >= 0.3 is 0 Å². The maximum Gasteiger partial charge on any atom is 0.255 e. The molecular formula is C15H20N4O4. The lowest BCUT2D eigenvalue weighted by atomic mass is 10.1. The molecule has 0 aromatic carbocycles. The van der Waals surface area contributed by atoms with E-state index >= 15 is 0 Å². The predicted molar refractivity (Wildman–Crippen MR) is 82.5 cm³/mol. The van der Waals surface area contributed by atoms with Crippen molar-refractivity contribution in [3.05, 3.63) is 34.2 Å². The van der Waals surface area contributed by atoms with E-state index in [1.54, 1.807) is 7.05 Å². The number of carbonyl (C=O) groups is 3. The first-order valence-corrected chi connectivity index (χ1v) is 7.30. The Morgan fingerprint density at radius 3 is 2.30 bits per heavy atom. The van der Waals surface area contributed by atoms with Crippen LogP contribution in [0.3, 0.4) is 0 Å². The topological polar surface area (TPSA) is 106 Å². The van der Waals surface area contributed by atoms with E-state index < -0.39 is 11.8 Å². The van der Waals surface area contributed by atoms with E-state index in [0.29, 0.717) is 18.7 Å². The quantitative estimate of drug-likeness (QED) is 0.738. The van der Waals surface area contributed by atoms with E-state index in [2.05, 4.69) is 0 Å². The van der Waals surface area contributed by atoms with Gasteiger partial charge in [0.15, 0.2) is 0 Å². The fourth-order valence-corrected chi connectivity index (χ4v) is 2.57. The number of primary amides is 1. The molecule has 1 aliphatic heterocycles. The molecule has 0 unspecified atom stereocenters. The first-order valence-electron chi connectivity index (χ1n) is 7.30. The van der Waals surface area contributed by atoms with Crippen LogP contribution in [0.4, 0.5) is 0 Å². The van der Waals surface area contributed by atoms with Crippen molar-refractivity contribution in [1.82, 2.24) is 14.4 Å². The van der Waals surface area contributed by atoms with Gasteiger partial charge in [0.05, 0.1) is 11.5 Å². The van der Waals surface area contributed by atoms with Gasteiger partial charge in [-0.25, -0.2) is 0 Å². The van der Waals surface area contributed by atoms with Crippen LogP contribution >= 0.6 is 0 Å². The van der Waals surface area contributed by atoms with Crippen LogP contribution in [0.1, 0.15) is 17.3 Å². The summed E-state index contributed by atoms with van der Waals surface area (Å²) < 4.78 is 1.32. The first kappa shape index (κ1) is 16.7. The molecule has 0 saturated carbocycles. The van der Waals surface area contributed by atoms with E-state index in [1.807, 2.05) is 0 Å². The Labute approximate surface area is 133 Å². The molecule has 0 spiro atoms. The molecule has 8 nitrogen and oxygen atoms in total. The fourth-order valence-electron chi connectivity index (χ4n) is 2.57. The minimum atomic E-state index is -0.613. The molecule has 2 heterocycles. The molecule has 2 rings (SSSR count). The smallest absolute Gasteiger partial charge is 0.255 e. The zero-order chi connectivity index (χ0) is 17.1. The summed E-state index contributed by atoms with van der Waals surface area (Å²) >= 11 is 0. The molecule has 8 heteroatoms. The molecule has 0 aliphatic carbocycles. The molecule has 1 aromatic heterocycles. The highest BCUT2D eigenvalue weighted by Gasteiger charge is 2.30. The monoisotopic (exact) mass is 320 g/mol. The van der Waals surface area contributed by atoms with Crippen LogP contribution in [0.5, 0.6) is 0 Å². The summed E-state index contributed by atoms with van der Waals surface area (Å²) in [6.45, 7) is 2.44. The normalized spacial score (nSPS) is 18.4. The van der Waals surface area contributed by atoms with Gasteiger partial charge in [0.25, 0.3) is 5.91 Å². The highest BCUT2D eigenvalue weighted by atomic mass is 16.2. The molecule has 23 heavy (non-hydrogen) atoms. The molecule has 2 N–H and O–H groups in total. The zero-order valence-electron chi connectivity index (χ0n) is 13.2. The molecule has 3 amide bonds. The van der Waals surface area contributed by atoms with Gasteiger partial charge in [0.2, 0.25) is 17.4 Å². The summed E-state index contributed by atoms with van der Waals surface area (Å²) in [5.41, 5.74) is 5.52. The maximum atomic E-state index is 12.6. The lowest BCUT2D eigenvalue weighted by molar-refractivity contribution is -0.130. The number of hydrogen-bond acceptors (Lipinski definition) is 4. The van der Waals surface area contributed by atoms with Crippen molar-refractivity contribution in [3.63, 3.8) is 0 Å². The minimum absolute atomic E-state index is 0.154. The average Bonchev–Trinajstić information content (AvgIpc) is 2.72. The number of carbonyl (C=O) groups excluding carboxylic acids is 3. The number of amides is 3. The van der Waals surface area contributed by atoms with Crippen molar-refractivity contribution in [2.45, 2.75) is 6.92 Å². The van der Waals surface area contributed by atoms with Crippen molar-refractivity contribution in [2.75, 3.05) is 26.2 Å². The predicted octanol–water partition coefficient (Wildman–Crippen LogP) is -1.21. The van der Waals surface area contributed by atoms with E-state index in [4.69, 9.17) is 5.73 Å². The van der Waals surface area contributed by atoms with Crippen LogP contribution in [-0.2, 0) is 16.6 Å². The number of aryl methyl sites for hydroxylation is 1. The third-order valence-corrected chi connectivity index (χ3v) is 3.99. The zero-order valence-corrected chi connectivity index (χ0v) is 13.2. The van der Waals surface area contributed by atoms with E-state index in [1.165, 1.54) is 39.6 Å². The van der Waals surface area contributed by atoms with Gasteiger partial charge in [0.1, 0.15) is 0 Å². The van der Waals surface area contributed by atoms with Crippen LogP contribution in [0, 0.1) is 5.92 Å². The standard InChI is InChI=1S/C15H20N4O4/c1-10(20)18-5-6-19(9-12(8-18)14(16)22)15(23)11-3-4-13(21)17(2)7-11/h3-4,7,12H,5-6,8-9H2,1-2H3,(H2,16,22)/t12-/m1/s1. The molecule has 0 bridgehead atoms.